The highest BCUT2D eigenvalue weighted by atomic mass is 32.2. The second kappa shape index (κ2) is 8.56. The Morgan fingerprint density at radius 1 is 1.15 bits per heavy atom. The maximum atomic E-state index is 12.2. The van der Waals surface area contributed by atoms with Crippen molar-refractivity contribution in [2.45, 2.75) is 36.8 Å². The number of hydrogen-bond donors (Lipinski definition) is 2. The van der Waals surface area contributed by atoms with Crippen LogP contribution in [0.25, 0.3) is 0 Å². The second-order valence-corrected chi connectivity index (χ2v) is 8.34. The van der Waals surface area contributed by atoms with Crippen molar-refractivity contribution in [2.75, 3.05) is 0 Å². The molecule has 6 nitrogen and oxygen atoms in total. The van der Waals surface area contributed by atoms with E-state index < -0.39 is 34.6 Å². The number of hydrogen-bond acceptors (Lipinski definition) is 5. The third-order valence-electron chi connectivity index (χ3n) is 3.45. The van der Waals surface area contributed by atoms with Crippen LogP contribution in [0.15, 0.2) is 46.0 Å². The fourth-order valence-corrected chi connectivity index (χ4v) is 4.33. The molecule has 2 N–H and O–H groups in total. The largest absolute Gasteiger partial charge is 0.435 e. The molecule has 0 bridgehead atoms. The van der Waals surface area contributed by atoms with Crippen LogP contribution in [0, 0.1) is 0 Å². The molecule has 2 aromatic rings. The first-order valence-corrected chi connectivity index (χ1v) is 9.96. The Labute approximate surface area is 154 Å². The van der Waals surface area contributed by atoms with Gasteiger partial charge >= 0.3 is 6.61 Å². The van der Waals surface area contributed by atoms with E-state index in [9.17, 15) is 22.0 Å². The molecule has 0 aliphatic rings. The molecule has 2 rings (SSSR count). The van der Waals surface area contributed by atoms with E-state index in [1.165, 1.54) is 25.1 Å². The zero-order chi connectivity index (χ0) is 19.3. The van der Waals surface area contributed by atoms with E-state index in [4.69, 9.17) is 0 Å². The minimum Gasteiger partial charge on any atom is -0.435 e. The number of rotatable bonds is 8. The first kappa shape index (κ1) is 20.3. The highest BCUT2D eigenvalue weighted by Crippen LogP contribution is 2.19. The Morgan fingerprint density at radius 2 is 1.81 bits per heavy atom. The Balaban J connectivity index is 1.95. The lowest BCUT2D eigenvalue weighted by Gasteiger charge is -2.19. The van der Waals surface area contributed by atoms with Gasteiger partial charge in [0.05, 0.1) is 12.1 Å². The van der Waals surface area contributed by atoms with E-state index in [0.29, 0.717) is 5.56 Å². The third kappa shape index (κ3) is 5.48. The zero-order valence-electron chi connectivity index (χ0n) is 14.0. The standard InChI is InChI=1S/C16H18F2N2O4S2/c1-10(12-5-7-13(8-6-12)24-16(17)18)19-15(21)11(2)20-26(22,23)14-4-3-9-25-14/h3-11,16,20H,1-2H3,(H,19,21). The lowest BCUT2D eigenvalue weighted by molar-refractivity contribution is -0.123. The van der Waals surface area contributed by atoms with Gasteiger partial charge in [-0.05, 0) is 43.0 Å². The number of ether oxygens (including phenoxy) is 1. The SMILES string of the molecule is CC(NS(=O)(=O)c1cccs1)C(=O)NC(C)c1ccc(OC(F)F)cc1. The molecule has 0 aliphatic carbocycles. The van der Waals surface area contributed by atoms with E-state index in [2.05, 4.69) is 14.8 Å². The maximum absolute atomic E-state index is 12.2. The summed E-state index contributed by atoms with van der Waals surface area (Å²) in [6.45, 7) is 0.226. The number of thiophene rings is 1. The van der Waals surface area contributed by atoms with Crippen LogP contribution in [0.2, 0.25) is 0 Å². The van der Waals surface area contributed by atoms with Crippen molar-refractivity contribution in [3.63, 3.8) is 0 Å². The van der Waals surface area contributed by atoms with Crippen molar-refractivity contribution in [1.29, 1.82) is 0 Å². The summed E-state index contributed by atoms with van der Waals surface area (Å²) < 4.78 is 55.3. The number of nitrogens with one attached hydrogen (secondary N) is 2. The average Bonchev–Trinajstić information content (AvgIpc) is 3.09. The van der Waals surface area contributed by atoms with Gasteiger partial charge in [-0.15, -0.1) is 11.3 Å². The van der Waals surface area contributed by atoms with E-state index in [1.54, 1.807) is 30.5 Å². The maximum Gasteiger partial charge on any atom is 0.387 e. The molecule has 1 aromatic heterocycles. The van der Waals surface area contributed by atoms with Crippen LogP contribution in [-0.4, -0.2) is 27.0 Å². The van der Waals surface area contributed by atoms with Crippen molar-refractivity contribution in [3.05, 3.63) is 47.3 Å². The molecule has 0 saturated carbocycles. The molecule has 1 aromatic carbocycles. The van der Waals surface area contributed by atoms with E-state index in [-0.39, 0.29) is 9.96 Å². The molecule has 0 saturated heterocycles. The van der Waals surface area contributed by atoms with E-state index in [0.717, 1.165) is 11.3 Å². The Bertz CT molecular complexity index is 824. The van der Waals surface area contributed by atoms with E-state index >= 15 is 0 Å². The smallest absolute Gasteiger partial charge is 0.387 e. The Kier molecular flexibility index (Phi) is 6.68. The van der Waals surface area contributed by atoms with Crippen molar-refractivity contribution in [1.82, 2.24) is 10.0 Å². The predicted molar refractivity (Wildman–Crippen MR) is 93.7 cm³/mol. The first-order chi connectivity index (χ1) is 12.2. The van der Waals surface area contributed by atoms with Crippen LogP contribution in [0.5, 0.6) is 5.75 Å². The van der Waals surface area contributed by atoms with Gasteiger partial charge in [-0.2, -0.15) is 13.5 Å². The van der Waals surface area contributed by atoms with Crippen LogP contribution in [0.1, 0.15) is 25.5 Å². The molecule has 1 amide bonds. The molecular formula is C16H18F2N2O4S2. The first-order valence-electron chi connectivity index (χ1n) is 7.60. The van der Waals surface area contributed by atoms with Gasteiger partial charge in [-0.3, -0.25) is 4.79 Å². The number of alkyl halides is 2. The van der Waals surface area contributed by atoms with Gasteiger partial charge < -0.3 is 10.1 Å². The van der Waals surface area contributed by atoms with Gasteiger partial charge in [-0.1, -0.05) is 18.2 Å². The molecule has 0 fully saturated rings. The molecule has 10 heteroatoms. The second-order valence-electron chi connectivity index (χ2n) is 5.45. The predicted octanol–water partition coefficient (Wildman–Crippen LogP) is 2.89. The summed E-state index contributed by atoms with van der Waals surface area (Å²) in [4.78, 5) is 12.2. The summed E-state index contributed by atoms with van der Waals surface area (Å²) in [7, 11) is -3.76. The summed E-state index contributed by atoms with van der Waals surface area (Å²) >= 11 is 1.05. The highest BCUT2D eigenvalue weighted by molar-refractivity contribution is 7.91. The van der Waals surface area contributed by atoms with Gasteiger partial charge in [0, 0.05) is 0 Å². The third-order valence-corrected chi connectivity index (χ3v) is 6.39. The average molecular weight is 404 g/mol. The van der Waals surface area contributed by atoms with Gasteiger partial charge in [-0.25, -0.2) is 8.42 Å². The lowest BCUT2D eigenvalue weighted by atomic mass is 10.1. The summed E-state index contributed by atoms with van der Waals surface area (Å²) in [5.41, 5.74) is 0.660. The number of carbonyl (C=O) groups is 1. The van der Waals surface area contributed by atoms with Crippen molar-refractivity contribution in [2.24, 2.45) is 0 Å². The van der Waals surface area contributed by atoms with Gasteiger partial charge in [0.1, 0.15) is 9.96 Å². The normalized spacial score (nSPS) is 14.0. The molecule has 0 aliphatic heterocycles. The summed E-state index contributed by atoms with van der Waals surface area (Å²) in [5.74, 6) is -0.495. The van der Waals surface area contributed by atoms with Crippen molar-refractivity contribution >= 4 is 27.3 Å². The fraction of sp³-hybridized carbons (Fsp3) is 0.312. The van der Waals surface area contributed by atoms with Gasteiger partial charge in [0.2, 0.25) is 5.91 Å². The minimum absolute atomic E-state index is 0.0133. The number of benzene rings is 1. The van der Waals surface area contributed by atoms with E-state index in [1.807, 2.05) is 0 Å². The molecule has 26 heavy (non-hydrogen) atoms. The van der Waals surface area contributed by atoms with Crippen LogP contribution in [-0.2, 0) is 14.8 Å². The van der Waals surface area contributed by atoms with Crippen LogP contribution >= 0.6 is 11.3 Å². The molecule has 2 atom stereocenters. The van der Waals surface area contributed by atoms with Gasteiger partial charge in [0.15, 0.2) is 0 Å². The zero-order valence-corrected chi connectivity index (χ0v) is 15.6. The number of amides is 1. The molecule has 142 valence electrons. The fourth-order valence-electron chi connectivity index (χ4n) is 2.12. The lowest BCUT2D eigenvalue weighted by Crippen LogP contribution is -2.45. The topological polar surface area (TPSA) is 84.5 Å². The quantitative estimate of drug-likeness (QED) is 0.709. The molecule has 0 radical (unpaired) electrons. The van der Waals surface area contributed by atoms with Crippen LogP contribution in [0.3, 0.4) is 0 Å². The Hall–Kier alpha value is -2.04. The number of carbonyl (C=O) groups excluding carboxylic acids is 1. The number of halogens is 2. The molecule has 1 heterocycles. The monoisotopic (exact) mass is 404 g/mol. The van der Waals surface area contributed by atoms with Gasteiger partial charge in [0.25, 0.3) is 10.0 Å². The summed E-state index contributed by atoms with van der Waals surface area (Å²) in [6.07, 6.45) is 0. The molecule has 0 spiro atoms. The Morgan fingerprint density at radius 3 is 2.35 bits per heavy atom. The van der Waals surface area contributed by atoms with Crippen molar-refractivity contribution < 1.29 is 26.7 Å². The highest BCUT2D eigenvalue weighted by Gasteiger charge is 2.23. The van der Waals surface area contributed by atoms with Crippen LogP contribution < -0.4 is 14.8 Å². The molecule has 2 unspecified atom stereocenters. The summed E-state index contributed by atoms with van der Waals surface area (Å²) in [5, 5.41) is 4.30. The number of sulfonamides is 1. The minimum atomic E-state index is -3.76. The summed E-state index contributed by atoms with van der Waals surface area (Å²) in [6, 6.07) is 7.45. The molecular weight excluding hydrogens is 386 g/mol. The van der Waals surface area contributed by atoms with Crippen LogP contribution in [0.4, 0.5) is 8.78 Å². The van der Waals surface area contributed by atoms with Crippen molar-refractivity contribution in [3.8, 4) is 5.75 Å².